The van der Waals surface area contributed by atoms with Gasteiger partial charge in [-0.2, -0.15) is 0 Å². The van der Waals surface area contributed by atoms with Crippen LogP contribution >= 0.6 is 23.2 Å². The summed E-state index contributed by atoms with van der Waals surface area (Å²) in [7, 11) is 0. The molecule has 88 valence electrons. The number of carbonyl (C=O) groups excluding carboxylic acids is 1. The summed E-state index contributed by atoms with van der Waals surface area (Å²) < 4.78 is 0. The number of hydrogen-bond acceptors (Lipinski definition) is 1. The maximum atomic E-state index is 11.8. The smallest absolute Gasteiger partial charge is 0.251 e. The fourth-order valence-electron chi connectivity index (χ4n) is 1.39. The molecule has 0 fully saturated rings. The number of rotatable bonds is 3. The van der Waals surface area contributed by atoms with E-state index < -0.39 is 0 Å². The molecule has 2 N–H and O–H groups in total. The highest BCUT2D eigenvalue weighted by Gasteiger charge is 2.07. The predicted octanol–water partition coefficient (Wildman–Crippen LogP) is 3.25. The van der Waals surface area contributed by atoms with E-state index in [1.54, 1.807) is 24.4 Å². The highest BCUT2D eigenvalue weighted by atomic mass is 35.5. The number of halogens is 2. The van der Waals surface area contributed by atoms with E-state index in [1.165, 1.54) is 0 Å². The van der Waals surface area contributed by atoms with E-state index in [-0.39, 0.29) is 5.91 Å². The van der Waals surface area contributed by atoms with Crippen molar-refractivity contribution in [2.24, 2.45) is 0 Å². The minimum absolute atomic E-state index is 0.182. The quantitative estimate of drug-likeness (QED) is 0.882. The lowest BCUT2D eigenvalue weighted by atomic mass is 10.2. The Morgan fingerprint density at radius 1 is 1.24 bits per heavy atom. The van der Waals surface area contributed by atoms with Gasteiger partial charge in [-0.15, -0.1) is 0 Å². The van der Waals surface area contributed by atoms with Crippen molar-refractivity contribution < 1.29 is 4.79 Å². The first kappa shape index (κ1) is 12.0. The molecule has 0 saturated carbocycles. The third-order valence-electron chi connectivity index (χ3n) is 2.28. The fourth-order valence-corrected chi connectivity index (χ4v) is 1.69. The maximum Gasteiger partial charge on any atom is 0.251 e. The lowest BCUT2D eigenvalue weighted by Gasteiger charge is -2.05. The van der Waals surface area contributed by atoms with Crippen LogP contribution in [-0.4, -0.2) is 10.9 Å². The second kappa shape index (κ2) is 5.25. The zero-order valence-electron chi connectivity index (χ0n) is 8.84. The van der Waals surface area contributed by atoms with Gasteiger partial charge in [-0.1, -0.05) is 23.2 Å². The van der Waals surface area contributed by atoms with E-state index in [9.17, 15) is 4.79 Å². The van der Waals surface area contributed by atoms with Crippen molar-refractivity contribution in [2.45, 2.75) is 6.54 Å². The summed E-state index contributed by atoms with van der Waals surface area (Å²) in [6, 6.07) is 8.56. The van der Waals surface area contributed by atoms with Gasteiger partial charge in [0, 0.05) is 17.5 Å². The van der Waals surface area contributed by atoms with Gasteiger partial charge in [-0.05, 0) is 30.3 Å². The fraction of sp³-hybridized carbons (Fsp3) is 0.0833. The molecule has 2 rings (SSSR count). The minimum atomic E-state index is -0.182. The Bertz CT molecular complexity index is 523. The number of H-pyrrole nitrogens is 1. The molecule has 17 heavy (non-hydrogen) atoms. The number of aromatic amines is 1. The number of carbonyl (C=O) groups is 1. The van der Waals surface area contributed by atoms with Gasteiger partial charge in [0.05, 0.1) is 16.6 Å². The number of benzene rings is 1. The number of nitrogens with one attached hydrogen (secondary N) is 2. The molecule has 0 spiro atoms. The van der Waals surface area contributed by atoms with E-state index in [0.29, 0.717) is 22.2 Å². The van der Waals surface area contributed by atoms with Crippen LogP contribution in [0.5, 0.6) is 0 Å². The summed E-state index contributed by atoms with van der Waals surface area (Å²) in [6.45, 7) is 0.450. The number of amides is 1. The zero-order valence-corrected chi connectivity index (χ0v) is 10.3. The van der Waals surface area contributed by atoms with Crippen LogP contribution in [0.15, 0.2) is 36.5 Å². The second-order valence-corrected chi connectivity index (χ2v) is 4.32. The monoisotopic (exact) mass is 268 g/mol. The van der Waals surface area contributed by atoms with Gasteiger partial charge >= 0.3 is 0 Å². The zero-order chi connectivity index (χ0) is 12.3. The molecular formula is C12H10Cl2N2O. The molecular weight excluding hydrogens is 259 g/mol. The van der Waals surface area contributed by atoms with Crippen LogP contribution in [0.25, 0.3) is 0 Å². The highest BCUT2D eigenvalue weighted by Crippen LogP contribution is 2.22. The molecule has 1 aromatic heterocycles. The van der Waals surface area contributed by atoms with Gasteiger partial charge in [-0.25, -0.2) is 0 Å². The Morgan fingerprint density at radius 3 is 2.71 bits per heavy atom. The van der Waals surface area contributed by atoms with Crippen LogP contribution in [0, 0.1) is 0 Å². The summed E-state index contributed by atoms with van der Waals surface area (Å²) >= 11 is 11.6. The summed E-state index contributed by atoms with van der Waals surface area (Å²) in [5.74, 6) is -0.182. The van der Waals surface area contributed by atoms with E-state index in [0.717, 1.165) is 5.69 Å². The van der Waals surface area contributed by atoms with Gasteiger partial charge in [0.2, 0.25) is 0 Å². The van der Waals surface area contributed by atoms with Crippen molar-refractivity contribution in [2.75, 3.05) is 0 Å². The maximum absolute atomic E-state index is 11.8. The largest absolute Gasteiger partial charge is 0.364 e. The van der Waals surface area contributed by atoms with Crippen molar-refractivity contribution >= 4 is 29.1 Å². The Kier molecular flexibility index (Phi) is 3.71. The van der Waals surface area contributed by atoms with Crippen molar-refractivity contribution in [3.05, 3.63) is 57.8 Å². The van der Waals surface area contributed by atoms with Crippen LogP contribution < -0.4 is 5.32 Å². The highest BCUT2D eigenvalue weighted by molar-refractivity contribution is 6.42. The van der Waals surface area contributed by atoms with Crippen molar-refractivity contribution in [1.29, 1.82) is 0 Å². The molecule has 0 aliphatic rings. The van der Waals surface area contributed by atoms with Crippen molar-refractivity contribution in [3.8, 4) is 0 Å². The standard InChI is InChI=1S/C12H10Cl2N2O/c13-10-4-3-8(6-11(10)14)12(17)16-7-9-2-1-5-15-9/h1-6,15H,7H2,(H,16,17). The van der Waals surface area contributed by atoms with E-state index >= 15 is 0 Å². The Morgan fingerprint density at radius 2 is 2.06 bits per heavy atom. The van der Waals surface area contributed by atoms with Crippen LogP contribution in [0.1, 0.15) is 16.1 Å². The minimum Gasteiger partial charge on any atom is -0.364 e. The molecule has 0 radical (unpaired) electrons. The van der Waals surface area contributed by atoms with Crippen molar-refractivity contribution in [3.63, 3.8) is 0 Å². The van der Waals surface area contributed by atoms with Crippen LogP contribution in [0.3, 0.4) is 0 Å². The molecule has 5 heteroatoms. The van der Waals surface area contributed by atoms with Gasteiger partial charge in [0.1, 0.15) is 0 Å². The normalized spacial score (nSPS) is 10.2. The molecule has 3 nitrogen and oxygen atoms in total. The van der Waals surface area contributed by atoms with Gasteiger partial charge in [-0.3, -0.25) is 4.79 Å². The molecule has 2 aromatic rings. The molecule has 1 amide bonds. The van der Waals surface area contributed by atoms with Crippen LogP contribution in [0.2, 0.25) is 10.0 Å². The number of aromatic nitrogens is 1. The van der Waals surface area contributed by atoms with Crippen molar-refractivity contribution in [1.82, 2.24) is 10.3 Å². The summed E-state index contributed by atoms with van der Waals surface area (Å²) in [6.07, 6.45) is 1.81. The first-order valence-electron chi connectivity index (χ1n) is 5.02. The first-order chi connectivity index (χ1) is 8.16. The molecule has 0 atom stereocenters. The first-order valence-corrected chi connectivity index (χ1v) is 5.78. The van der Waals surface area contributed by atoms with Gasteiger partial charge in [0.25, 0.3) is 5.91 Å². The average Bonchev–Trinajstić information content (AvgIpc) is 2.82. The Labute approximate surface area is 109 Å². The van der Waals surface area contributed by atoms with Gasteiger partial charge < -0.3 is 10.3 Å². The molecule has 0 aliphatic carbocycles. The van der Waals surface area contributed by atoms with E-state index in [2.05, 4.69) is 10.3 Å². The summed E-state index contributed by atoms with van der Waals surface area (Å²) in [5.41, 5.74) is 1.43. The summed E-state index contributed by atoms with van der Waals surface area (Å²) in [4.78, 5) is 14.8. The summed E-state index contributed by atoms with van der Waals surface area (Å²) in [5, 5.41) is 3.59. The third kappa shape index (κ3) is 3.02. The van der Waals surface area contributed by atoms with Crippen LogP contribution in [-0.2, 0) is 6.54 Å². The average molecular weight is 269 g/mol. The lowest BCUT2D eigenvalue weighted by Crippen LogP contribution is -2.22. The third-order valence-corrected chi connectivity index (χ3v) is 3.02. The molecule has 1 aromatic carbocycles. The van der Waals surface area contributed by atoms with Gasteiger partial charge in [0.15, 0.2) is 0 Å². The molecule has 0 bridgehead atoms. The molecule has 0 unspecified atom stereocenters. The Hall–Kier alpha value is -1.45. The molecule has 1 heterocycles. The topological polar surface area (TPSA) is 44.9 Å². The van der Waals surface area contributed by atoms with E-state index in [1.807, 2.05) is 12.1 Å². The SMILES string of the molecule is O=C(NCc1ccc[nH]1)c1ccc(Cl)c(Cl)c1. The number of hydrogen-bond donors (Lipinski definition) is 2. The molecule has 0 aliphatic heterocycles. The lowest BCUT2D eigenvalue weighted by molar-refractivity contribution is 0.0950. The second-order valence-electron chi connectivity index (χ2n) is 3.51. The van der Waals surface area contributed by atoms with Crippen LogP contribution in [0.4, 0.5) is 0 Å². The van der Waals surface area contributed by atoms with E-state index in [4.69, 9.17) is 23.2 Å². The molecule has 0 saturated heterocycles. The predicted molar refractivity (Wildman–Crippen MR) is 68.4 cm³/mol. The Balaban J connectivity index is 2.02.